The van der Waals surface area contributed by atoms with Gasteiger partial charge in [-0.25, -0.2) is 0 Å². The first-order chi connectivity index (χ1) is 8.57. The summed E-state index contributed by atoms with van der Waals surface area (Å²) in [6.45, 7) is 6.57. The van der Waals surface area contributed by atoms with E-state index >= 15 is 0 Å². The maximum Gasteiger partial charge on any atom is 0.143 e. The molecule has 2 nitrogen and oxygen atoms in total. The van der Waals surface area contributed by atoms with Gasteiger partial charge in [-0.2, -0.15) is 0 Å². The molecule has 0 aliphatic rings. The lowest BCUT2D eigenvalue weighted by Gasteiger charge is -2.29. The Morgan fingerprint density at radius 1 is 0.944 bits per heavy atom. The van der Waals surface area contributed by atoms with Crippen LogP contribution in [0.25, 0.3) is 0 Å². The SMILES string of the molecule is CC(C)(C)P(Oc1ccccc1)c1ccccn1. The van der Waals surface area contributed by atoms with Gasteiger partial charge in [-0.15, -0.1) is 0 Å². The van der Waals surface area contributed by atoms with Crippen molar-refractivity contribution in [2.45, 2.75) is 25.9 Å². The van der Waals surface area contributed by atoms with Crippen molar-refractivity contribution in [2.24, 2.45) is 0 Å². The van der Waals surface area contributed by atoms with Gasteiger partial charge in [0.1, 0.15) is 19.3 Å². The van der Waals surface area contributed by atoms with E-state index in [1.807, 2.05) is 54.7 Å². The Hall–Kier alpha value is -1.40. The third-order valence-electron chi connectivity index (χ3n) is 2.41. The van der Waals surface area contributed by atoms with Gasteiger partial charge in [-0.05, 0) is 24.3 Å². The summed E-state index contributed by atoms with van der Waals surface area (Å²) in [5.74, 6) is 0.907. The van der Waals surface area contributed by atoms with Gasteiger partial charge in [0.05, 0.1) is 0 Å². The average Bonchev–Trinajstić information content (AvgIpc) is 2.37. The van der Waals surface area contributed by atoms with Crippen LogP contribution in [0.15, 0.2) is 54.7 Å². The van der Waals surface area contributed by atoms with Crippen LogP contribution in [0.3, 0.4) is 0 Å². The molecule has 2 rings (SSSR count). The smallest absolute Gasteiger partial charge is 0.143 e. The predicted molar refractivity (Wildman–Crippen MR) is 77.6 cm³/mol. The fraction of sp³-hybridized carbons (Fsp3) is 0.267. The minimum absolute atomic E-state index is 0.0551. The molecule has 1 aromatic carbocycles. The monoisotopic (exact) mass is 259 g/mol. The number of hydrogen-bond acceptors (Lipinski definition) is 2. The quantitative estimate of drug-likeness (QED) is 0.778. The summed E-state index contributed by atoms with van der Waals surface area (Å²) >= 11 is 0. The van der Waals surface area contributed by atoms with Crippen molar-refractivity contribution in [3.63, 3.8) is 0 Å². The van der Waals surface area contributed by atoms with Crippen molar-refractivity contribution in [1.82, 2.24) is 4.98 Å². The lowest BCUT2D eigenvalue weighted by molar-refractivity contribution is 0.582. The van der Waals surface area contributed by atoms with Crippen LogP contribution in [0.2, 0.25) is 0 Å². The number of para-hydroxylation sites is 1. The summed E-state index contributed by atoms with van der Waals surface area (Å²) in [4.78, 5) is 4.45. The zero-order valence-corrected chi connectivity index (χ0v) is 11.9. The van der Waals surface area contributed by atoms with Crippen LogP contribution >= 0.6 is 8.15 Å². The Labute approximate surface area is 110 Å². The van der Waals surface area contributed by atoms with Gasteiger partial charge in [0.25, 0.3) is 0 Å². The number of hydrogen-bond donors (Lipinski definition) is 0. The fourth-order valence-electron chi connectivity index (χ4n) is 1.59. The molecule has 1 heterocycles. The van der Waals surface area contributed by atoms with Crippen molar-refractivity contribution in [3.8, 4) is 5.75 Å². The van der Waals surface area contributed by atoms with Gasteiger partial charge in [0.2, 0.25) is 0 Å². The van der Waals surface area contributed by atoms with E-state index in [2.05, 4.69) is 25.8 Å². The lowest BCUT2D eigenvalue weighted by atomic mass is 10.3. The first kappa shape index (κ1) is 13.0. The summed E-state index contributed by atoms with van der Waals surface area (Å²) in [7, 11) is -0.784. The van der Waals surface area contributed by atoms with E-state index in [0.717, 1.165) is 11.2 Å². The highest BCUT2D eigenvalue weighted by Gasteiger charge is 2.30. The maximum atomic E-state index is 6.17. The second-order valence-electron chi connectivity index (χ2n) is 5.06. The highest BCUT2D eigenvalue weighted by atomic mass is 31.1. The van der Waals surface area contributed by atoms with Crippen LogP contribution in [0, 0.1) is 0 Å². The molecule has 18 heavy (non-hydrogen) atoms. The molecule has 2 aromatic rings. The largest absolute Gasteiger partial charge is 0.467 e. The summed E-state index contributed by atoms with van der Waals surface area (Å²) in [6, 6.07) is 15.9. The highest BCUT2D eigenvalue weighted by molar-refractivity contribution is 7.62. The van der Waals surface area contributed by atoms with E-state index < -0.39 is 8.15 Å². The van der Waals surface area contributed by atoms with Crippen LogP contribution in [0.4, 0.5) is 0 Å². The number of nitrogens with zero attached hydrogens (tertiary/aromatic N) is 1. The second-order valence-corrected chi connectivity index (χ2v) is 7.63. The minimum atomic E-state index is -0.784. The van der Waals surface area contributed by atoms with E-state index in [1.54, 1.807) is 0 Å². The zero-order chi connectivity index (χ0) is 13.0. The summed E-state index contributed by atoms with van der Waals surface area (Å²) in [5, 5.41) is 0.0551. The third-order valence-corrected chi connectivity index (χ3v) is 4.70. The Morgan fingerprint density at radius 3 is 2.17 bits per heavy atom. The van der Waals surface area contributed by atoms with Crippen molar-refractivity contribution in [2.75, 3.05) is 0 Å². The lowest BCUT2D eigenvalue weighted by Crippen LogP contribution is -2.24. The van der Waals surface area contributed by atoms with Crippen molar-refractivity contribution < 1.29 is 4.52 Å². The minimum Gasteiger partial charge on any atom is -0.467 e. The molecule has 0 aliphatic heterocycles. The molecule has 1 unspecified atom stereocenters. The van der Waals surface area contributed by atoms with Gasteiger partial charge in [-0.1, -0.05) is 45.0 Å². The number of pyridine rings is 1. The highest BCUT2D eigenvalue weighted by Crippen LogP contribution is 2.48. The van der Waals surface area contributed by atoms with Gasteiger partial charge in [0, 0.05) is 11.4 Å². The zero-order valence-electron chi connectivity index (χ0n) is 11.0. The molecule has 0 saturated carbocycles. The summed E-state index contributed by atoms with van der Waals surface area (Å²) in [6.07, 6.45) is 1.82. The van der Waals surface area contributed by atoms with E-state index in [-0.39, 0.29) is 5.16 Å². The van der Waals surface area contributed by atoms with E-state index in [4.69, 9.17) is 4.52 Å². The Kier molecular flexibility index (Phi) is 3.98. The molecule has 0 aliphatic carbocycles. The number of benzene rings is 1. The first-order valence-electron chi connectivity index (χ1n) is 6.02. The van der Waals surface area contributed by atoms with Crippen LogP contribution in [0.1, 0.15) is 20.8 Å². The topological polar surface area (TPSA) is 22.1 Å². The van der Waals surface area contributed by atoms with Crippen molar-refractivity contribution in [1.29, 1.82) is 0 Å². The molecule has 0 fully saturated rings. The molecule has 0 spiro atoms. The fourth-order valence-corrected chi connectivity index (χ4v) is 3.37. The van der Waals surface area contributed by atoms with Crippen LogP contribution in [0.5, 0.6) is 5.75 Å². The van der Waals surface area contributed by atoms with E-state index in [0.29, 0.717) is 0 Å². The standard InChI is InChI=1S/C15H18NOP/c1-15(2,3)18(14-11-7-8-12-16-14)17-13-9-5-4-6-10-13/h4-12H,1-3H3. The van der Waals surface area contributed by atoms with Crippen molar-refractivity contribution >= 4 is 13.6 Å². The second kappa shape index (κ2) is 5.49. The van der Waals surface area contributed by atoms with Crippen molar-refractivity contribution in [3.05, 3.63) is 54.7 Å². The molecule has 0 bridgehead atoms. The molecular weight excluding hydrogens is 241 g/mol. The summed E-state index contributed by atoms with van der Waals surface area (Å²) < 4.78 is 6.17. The molecule has 0 radical (unpaired) electrons. The summed E-state index contributed by atoms with van der Waals surface area (Å²) in [5.41, 5.74) is 1.03. The number of rotatable bonds is 3. The van der Waals surface area contributed by atoms with E-state index in [9.17, 15) is 0 Å². The average molecular weight is 259 g/mol. The van der Waals surface area contributed by atoms with E-state index in [1.165, 1.54) is 0 Å². The molecule has 94 valence electrons. The molecule has 1 aromatic heterocycles. The van der Waals surface area contributed by atoms with Gasteiger partial charge >= 0.3 is 0 Å². The van der Waals surface area contributed by atoms with Gasteiger partial charge in [0.15, 0.2) is 0 Å². The molecule has 0 saturated heterocycles. The Bertz CT molecular complexity index is 479. The molecule has 0 amide bonds. The van der Waals surface area contributed by atoms with Gasteiger partial charge in [-0.3, -0.25) is 4.98 Å². The first-order valence-corrected chi connectivity index (χ1v) is 7.27. The van der Waals surface area contributed by atoms with Crippen LogP contribution in [-0.2, 0) is 0 Å². The normalized spacial score (nSPS) is 13.1. The number of aromatic nitrogens is 1. The van der Waals surface area contributed by atoms with Crippen LogP contribution < -0.4 is 9.96 Å². The Balaban J connectivity index is 2.28. The molecule has 3 heteroatoms. The van der Waals surface area contributed by atoms with Gasteiger partial charge < -0.3 is 4.52 Å². The Morgan fingerprint density at radius 2 is 1.61 bits per heavy atom. The maximum absolute atomic E-state index is 6.17. The van der Waals surface area contributed by atoms with Crippen LogP contribution in [-0.4, -0.2) is 10.1 Å². The molecule has 1 atom stereocenters. The predicted octanol–water partition coefficient (Wildman–Crippen LogP) is 3.98. The molecular formula is C15H18NOP. The third kappa shape index (κ3) is 3.30. The molecule has 0 N–H and O–H groups in total.